The molecule has 3 aromatic rings. The quantitative estimate of drug-likeness (QED) is 0.191. The number of nitrogens with one attached hydrogen (secondary N) is 1. The van der Waals surface area contributed by atoms with Crippen LogP contribution in [0.5, 0.6) is 23.0 Å². The van der Waals surface area contributed by atoms with Crippen molar-refractivity contribution >= 4 is 29.2 Å². The molecule has 0 aliphatic carbocycles. The molecule has 1 amide bonds. The Hall–Kier alpha value is -4.18. The molecule has 222 valence electrons. The van der Waals surface area contributed by atoms with Crippen molar-refractivity contribution in [3.63, 3.8) is 0 Å². The van der Waals surface area contributed by atoms with Gasteiger partial charge >= 0.3 is 18.3 Å². The molecule has 0 fully saturated rings. The van der Waals surface area contributed by atoms with Crippen molar-refractivity contribution in [2.75, 3.05) is 32.2 Å². The molecule has 0 spiro atoms. The van der Waals surface area contributed by atoms with Crippen molar-refractivity contribution < 1.29 is 54.9 Å². The highest BCUT2D eigenvalue weighted by Crippen LogP contribution is 2.40. The van der Waals surface area contributed by atoms with Gasteiger partial charge in [-0.15, -0.1) is 0 Å². The smallest absolute Gasteiger partial charge is 0.491 e. The van der Waals surface area contributed by atoms with Gasteiger partial charge in [0, 0.05) is 30.9 Å². The van der Waals surface area contributed by atoms with Gasteiger partial charge in [-0.3, -0.25) is 9.48 Å². The first kappa shape index (κ1) is 31.3. The number of esters is 1. The zero-order valence-corrected chi connectivity index (χ0v) is 21.9. The summed E-state index contributed by atoms with van der Waals surface area (Å²) in [6.07, 6.45) is -9.11. The topological polar surface area (TPSA) is 127 Å². The number of aryl methyl sites for hydroxylation is 1. The van der Waals surface area contributed by atoms with Gasteiger partial charge in [0.25, 0.3) is 5.91 Å². The molecule has 0 saturated heterocycles. The highest BCUT2D eigenvalue weighted by atomic mass is 35.5. The van der Waals surface area contributed by atoms with E-state index in [1.54, 1.807) is 7.05 Å². The van der Waals surface area contributed by atoms with Crippen LogP contribution in [-0.2, 0) is 11.8 Å². The summed E-state index contributed by atoms with van der Waals surface area (Å²) < 4.78 is 98.3. The zero-order chi connectivity index (χ0) is 30.5. The Labute approximate surface area is 232 Å². The number of benzene rings is 2. The van der Waals surface area contributed by atoms with Crippen molar-refractivity contribution in [2.45, 2.75) is 12.4 Å². The van der Waals surface area contributed by atoms with E-state index in [1.807, 2.05) is 0 Å². The summed E-state index contributed by atoms with van der Waals surface area (Å²) in [4.78, 5) is 24.7. The Morgan fingerprint density at radius 2 is 1.78 bits per heavy atom. The fourth-order valence-electron chi connectivity index (χ4n) is 3.40. The van der Waals surface area contributed by atoms with E-state index in [0.29, 0.717) is 23.1 Å². The molecule has 0 bridgehead atoms. The predicted molar refractivity (Wildman–Crippen MR) is 132 cm³/mol. The molecule has 0 aliphatic rings. The first-order valence-corrected chi connectivity index (χ1v) is 11.7. The minimum Gasteiger partial charge on any atom is -0.497 e. The third kappa shape index (κ3) is 7.94. The molecule has 0 saturated carbocycles. The van der Waals surface area contributed by atoms with Crippen LogP contribution in [0.2, 0.25) is 5.02 Å². The standard InChI is InChI=1S/C24H21ClF6N4O6/c1-35-19(16(25)10-33-35)14-7-12(3-4-17(14)39-6-5-32)34-21(36)15-8-13(38-2)9-18(41-22(37)24(29,30)31)20(15)40-11-23(26,27)28/h3-4,7-10H,5-6,11,32H2,1-2H3,(H,34,36). The van der Waals surface area contributed by atoms with E-state index in [9.17, 15) is 35.9 Å². The summed E-state index contributed by atoms with van der Waals surface area (Å²) in [6, 6.07) is 5.79. The van der Waals surface area contributed by atoms with E-state index in [0.717, 1.165) is 13.2 Å². The monoisotopic (exact) mass is 610 g/mol. The Balaban J connectivity index is 2.08. The maximum absolute atomic E-state index is 13.3. The molecule has 1 aromatic heterocycles. The fraction of sp³-hybridized carbons (Fsp3) is 0.292. The number of nitrogens with zero attached hydrogens (tertiary/aromatic N) is 2. The number of aromatic nitrogens is 2. The summed E-state index contributed by atoms with van der Waals surface area (Å²) in [5, 5.41) is 6.68. The number of halogens is 7. The number of carbonyl (C=O) groups excluding carboxylic acids is 2. The minimum atomic E-state index is -5.51. The van der Waals surface area contributed by atoms with Crippen molar-refractivity contribution in [2.24, 2.45) is 12.8 Å². The highest BCUT2D eigenvalue weighted by molar-refractivity contribution is 6.33. The largest absolute Gasteiger partial charge is 0.497 e. The Morgan fingerprint density at radius 3 is 2.34 bits per heavy atom. The molecular weight excluding hydrogens is 590 g/mol. The van der Waals surface area contributed by atoms with Crippen LogP contribution < -0.4 is 30.0 Å². The van der Waals surface area contributed by atoms with Gasteiger partial charge in [-0.25, -0.2) is 4.79 Å². The summed E-state index contributed by atoms with van der Waals surface area (Å²) in [6.45, 7) is -1.72. The predicted octanol–water partition coefficient (Wildman–Crippen LogP) is 4.75. The number of hydrogen-bond donors (Lipinski definition) is 2. The average Bonchev–Trinajstić information content (AvgIpc) is 3.22. The van der Waals surface area contributed by atoms with Crippen LogP contribution in [-0.4, -0.2) is 60.9 Å². The van der Waals surface area contributed by atoms with E-state index in [1.165, 1.54) is 29.1 Å². The van der Waals surface area contributed by atoms with Gasteiger partial charge in [0.15, 0.2) is 18.1 Å². The number of hydrogen-bond acceptors (Lipinski definition) is 8. The molecule has 10 nitrogen and oxygen atoms in total. The summed E-state index contributed by atoms with van der Waals surface area (Å²) in [7, 11) is 2.65. The molecule has 0 radical (unpaired) electrons. The second kappa shape index (κ2) is 12.6. The molecule has 1 heterocycles. The van der Waals surface area contributed by atoms with Crippen molar-refractivity contribution in [3.8, 4) is 34.3 Å². The lowest BCUT2D eigenvalue weighted by Crippen LogP contribution is -2.29. The maximum atomic E-state index is 13.3. The number of amides is 1. The first-order valence-electron chi connectivity index (χ1n) is 11.3. The van der Waals surface area contributed by atoms with Gasteiger partial charge in [-0.05, 0) is 24.3 Å². The summed E-state index contributed by atoms with van der Waals surface area (Å²) >= 11 is 6.26. The molecule has 0 atom stereocenters. The van der Waals surface area contributed by atoms with Gasteiger partial charge < -0.3 is 30.0 Å². The van der Waals surface area contributed by atoms with E-state index in [4.69, 9.17) is 26.8 Å². The summed E-state index contributed by atoms with van der Waals surface area (Å²) in [5.74, 6) is -6.16. The van der Waals surface area contributed by atoms with Gasteiger partial charge in [-0.2, -0.15) is 31.4 Å². The van der Waals surface area contributed by atoms with Crippen molar-refractivity contribution in [1.29, 1.82) is 0 Å². The first-order chi connectivity index (χ1) is 19.1. The minimum absolute atomic E-state index is 0.0563. The number of alkyl halides is 6. The van der Waals surface area contributed by atoms with Gasteiger partial charge in [0.2, 0.25) is 0 Å². The second-order valence-corrected chi connectivity index (χ2v) is 8.47. The number of anilines is 1. The third-order valence-corrected chi connectivity index (χ3v) is 5.36. The summed E-state index contributed by atoms with van der Waals surface area (Å²) in [5.41, 5.74) is 5.56. The molecule has 17 heteroatoms. The lowest BCUT2D eigenvalue weighted by Gasteiger charge is -2.19. The van der Waals surface area contributed by atoms with E-state index >= 15 is 0 Å². The highest BCUT2D eigenvalue weighted by Gasteiger charge is 2.42. The number of rotatable bonds is 10. The van der Waals surface area contributed by atoms with Crippen LogP contribution in [0.3, 0.4) is 0 Å². The fourth-order valence-corrected chi connectivity index (χ4v) is 3.67. The molecule has 0 unspecified atom stereocenters. The van der Waals surface area contributed by atoms with Gasteiger partial charge in [0.05, 0.1) is 29.6 Å². The van der Waals surface area contributed by atoms with Gasteiger partial charge in [-0.1, -0.05) is 11.6 Å². The number of carbonyl (C=O) groups is 2. The average molecular weight is 611 g/mol. The normalized spacial score (nSPS) is 11.7. The Kier molecular flexibility index (Phi) is 9.60. The van der Waals surface area contributed by atoms with Gasteiger partial charge in [0.1, 0.15) is 18.1 Å². The van der Waals surface area contributed by atoms with E-state index < -0.39 is 47.9 Å². The second-order valence-electron chi connectivity index (χ2n) is 8.06. The van der Waals surface area contributed by atoms with Crippen LogP contribution in [0.15, 0.2) is 36.5 Å². The van der Waals surface area contributed by atoms with E-state index in [-0.39, 0.29) is 29.6 Å². The van der Waals surface area contributed by atoms with Crippen LogP contribution in [0.4, 0.5) is 32.0 Å². The molecule has 0 aliphatic heterocycles. The zero-order valence-electron chi connectivity index (χ0n) is 21.2. The number of nitrogens with two attached hydrogens (primary N) is 1. The SMILES string of the molecule is COc1cc(OC(=O)C(F)(F)F)c(OCC(F)(F)F)c(C(=O)Nc2ccc(OCCN)c(-c3c(Cl)cnn3C)c2)c1. The molecule has 41 heavy (non-hydrogen) atoms. The molecule has 2 aromatic carbocycles. The lowest BCUT2D eigenvalue weighted by atomic mass is 10.1. The van der Waals surface area contributed by atoms with Crippen LogP contribution in [0, 0.1) is 0 Å². The van der Waals surface area contributed by atoms with Crippen molar-refractivity contribution in [1.82, 2.24) is 9.78 Å². The third-order valence-electron chi connectivity index (χ3n) is 5.09. The maximum Gasteiger partial charge on any atom is 0.491 e. The molecular formula is C24H21ClF6N4O6. The Morgan fingerprint density at radius 1 is 1.07 bits per heavy atom. The van der Waals surface area contributed by atoms with E-state index in [2.05, 4.69) is 19.9 Å². The Bertz CT molecular complexity index is 1410. The lowest BCUT2D eigenvalue weighted by molar-refractivity contribution is -0.189. The molecule has 3 N–H and O–H groups in total. The number of methoxy groups -OCH3 is 1. The molecule has 3 rings (SSSR count). The number of ether oxygens (including phenoxy) is 4. The van der Waals surface area contributed by atoms with Crippen LogP contribution in [0.1, 0.15) is 10.4 Å². The van der Waals surface area contributed by atoms with Crippen LogP contribution >= 0.6 is 11.6 Å². The van der Waals surface area contributed by atoms with Crippen LogP contribution in [0.25, 0.3) is 11.3 Å². The van der Waals surface area contributed by atoms with Crippen molar-refractivity contribution in [3.05, 3.63) is 47.1 Å².